The van der Waals surface area contributed by atoms with Gasteiger partial charge in [0.05, 0.1) is 20.8 Å². The van der Waals surface area contributed by atoms with Gasteiger partial charge in [0.15, 0.2) is 5.82 Å². The van der Waals surface area contributed by atoms with E-state index in [2.05, 4.69) is 38.4 Å². The van der Waals surface area contributed by atoms with Gasteiger partial charge < -0.3 is 19.7 Å². The number of hydrogen-bond acceptors (Lipinski definition) is 10. The van der Waals surface area contributed by atoms with Crippen LogP contribution in [0.15, 0.2) is 18.2 Å². The number of fused-ring (bicyclic) bond motifs is 3. The van der Waals surface area contributed by atoms with Gasteiger partial charge in [-0.15, -0.1) is 11.3 Å². The number of anilines is 2. The molecule has 0 radical (unpaired) electrons. The monoisotopic (exact) mass is 709 g/mol. The second kappa shape index (κ2) is 12.8. The number of amides is 1. The van der Waals surface area contributed by atoms with E-state index in [0.717, 1.165) is 63.2 Å². The standard InChI is InChI=1S/C35H38ClF2N7O3S/c1-19-17-40-11-14-45(19)30-21-15-23(36)26(27(38)28(21)41-32(42-30)47-18-35-9-5-12-44(35)13-6-10-35)20-7-8-24(37)29-25(20)22(16-39)31(49-29)43-33(46)48-34(2,3)4/h7-8,15,19,40H,5-6,9-14,17-18H2,1-4H3,(H,43,46). The van der Waals surface area contributed by atoms with E-state index in [9.17, 15) is 10.1 Å². The van der Waals surface area contributed by atoms with Crippen LogP contribution in [0.2, 0.25) is 5.02 Å². The molecule has 0 aliphatic carbocycles. The predicted octanol–water partition coefficient (Wildman–Crippen LogP) is 7.47. The average Bonchev–Trinajstić information content (AvgIpc) is 3.73. The Labute approximate surface area is 292 Å². The van der Waals surface area contributed by atoms with Crippen LogP contribution < -0.4 is 20.3 Å². The third-order valence-electron chi connectivity index (χ3n) is 9.68. The molecule has 0 saturated carbocycles. The van der Waals surface area contributed by atoms with Gasteiger partial charge in [0.1, 0.15) is 40.4 Å². The summed E-state index contributed by atoms with van der Waals surface area (Å²) in [4.78, 5) is 26.7. The van der Waals surface area contributed by atoms with Gasteiger partial charge in [0.25, 0.3) is 0 Å². The van der Waals surface area contributed by atoms with Crippen LogP contribution >= 0.6 is 22.9 Å². The van der Waals surface area contributed by atoms with Crippen molar-refractivity contribution < 1.29 is 23.0 Å². The highest BCUT2D eigenvalue weighted by Crippen LogP contribution is 2.47. The molecular weight excluding hydrogens is 672 g/mol. The maximum absolute atomic E-state index is 17.1. The maximum Gasteiger partial charge on any atom is 0.412 e. The molecule has 49 heavy (non-hydrogen) atoms. The topological polar surface area (TPSA) is 116 Å². The number of aromatic nitrogens is 2. The lowest BCUT2D eigenvalue weighted by Gasteiger charge is -2.36. The van der Waals surface area contributed by atoms with E-state index >= 15 is 8.78 Å². The zero-order valence-electron chi connectivity index (χ0n) is 27.9. The molecule has 3 aliphatic rings. The van der Waals surface area contributed by atoms with Crippen molar-refractivity contribution in [3.63, 3.8) is 0 Å². The highest BCUT2D eigenvalue weighted by molar-refractivity contribution is 7.23. The number of hydrogen-bond donors (Lipinski definition) is 2. The van der Waals surface area contributed by atoms with Crippen LogP contribution in [0.25, 0.3) is 32.1 Å². The molecular formula is C35H38ClF2N7O3S. The molecule has 0 spiro atoms. The molecule has 10 nitrogen and oxygen atoms in total. The Kier molecular flexibility index (Phi) is 8.80. The lowest BCUT2D eigenvalue weighted by atomic mass is 9.95. The van der Waals surface area contributed by atoms with Crippen LogP contribution in [0.4, 0.5) is 24.4 Å². The minimum absolute atomic E-state index is 0.00986. The van der Waals surface area contributed by atoms with Crippen molar-refractivity contribution in [1.29, 1.82) is 5.26 Å². The molecule has 3 fully saturated rings. The lowest BCUT2D eigenvalue weighted by Crippen LogP contribution is -2.50. The second-order valence-corrected chi connectivity index (χ2v) is 15.5. The van der Waals surface area contributed by atoms with Crippen LogP contribution in [0.1, 0.15) is 58.9 Å². The summed E-state index contributed by atoms with van der Waals surface area (Å²) < 4.78 is 44.2. The van der Waals surface area contributed by atoms with Gasteiger partial charge in [-0.25, -0.2) is 13.6 Å². The Morgan fingerprint density at radius 3 is 2.67 bits per heavy atom. The minimum Gasteiger partial charge on any atom is -0.461 e. The number of carbonyl (C=O) groups is 1. The Hall–Kier alpha value is -3.83. The SMILES string of the molecule is CC1CNCCN1c1nc(OCC23CCCN2CCC3)nc2c(F)c(-c3ccc(F)c4sc(NC(=O)OC(C)(C)C)c(C#N)c34)c(Cl)cc12. The average molecular weight is 710 g/mol. The summed E-state index contributed by atoms with van der Waals surface area (Å²) in [5.41, 5.74) is -0.745. The summed E-state index contributed by atoms with van der Waals surface area (Å²) in [5.74, 6) is -0.852. The summed E-state index contributed by atoms with van der Waals surface area (Å²) in [6.45, 7) is 11.7. The van der Waals surface area contributed by atoms with Gasteiger partial charge in [0, 0.05) is 42.0 Å². The molecule has 2 N–H and O–H groups in total. The highest BCUT2D eigenvalue weighted by Gasteiger charge is 2.45. The number of halogens is 3. The zero-order valence-corrected chi connectivity index (χ0v) is 29.5. The van der Waals surface area contributed by atoms with Crippen LogP contribution in [-0.2, 0) is 4.74 Å². The Morgan fingerprint density at radius 1 is 1.22 bits per heavy atom. The molecule has 1 atom stereocenters. The number of carbonyl (C=O) groups excluding carboxylic acids is 1. The molecule has 14 heteroatoms. The summed E-state index contributed by atoms with van der Waals surface area (Å²) in [6, 6.07) is 6.43. The molecule has 2 aromatic carbocycles. The van der Waals surface area contributed by atoms with Crippen LogP contribution in [-0.4, -0.2) is 77.5 Å². The van der Waals surface area contributed by atoms with Gasteiger partial charge in [-0.3, -0.25) is 10.2 Å². The molecule has 7 rings (SSSR count). The van der Waals surface area contributed by atoms with Gasteiger partial charge in [-0.2, -0.15) is 15.2 Å². The summed E-state index contributed by atoms with van der Waals surface area (Å²) >= 11 is 7.78. The number of thiophene rings is 1. The van der Waals surface area contributed by atoms with Crippen molar-refractivity contribution in [2.24, 2.45) is 0 Å². The summed E-state index contributed by atoms with van der Waals surface area (Å²) in [7, 11) is 0. The fraction of sp³-hybridized carbons (Fsp3) is 0.486. The molecule has 1 unspecified atom stereocenters. The maximum atomic E-state index is 17.1. The van der Waals surface area contributed by atoms with Gasteiger partial charge in [0.2, 0.25) is 0 Å². The molecule has 5 heterocycles. The molecule has 1 amide bonds. The third-order valence-corrected chi connectivity index (χ3v) is 11.1. The van der Waals surface area contributed by atoms with E-state index in [1.165, 1.54) is 12.1 Å². The Bertz CT molecular complexity index is 2000. The first-order chi connectivity index (χ1) is 23.4. The predicted molar refractivity (Wildman–Crippen MR) is 188 cm³/mol. The molecule has 3 aliphatic heterocycles. The molecule has 2 aromatic heterocycles. The van der Waals surface area contributed by atoms with E-state index in [4.69, 9.17) is 26.1 Å². The summed E-state index contributed by atoms with van der Waals surface area (Å²) in [5, 5.41) is 16.9. The number of rotatable bonds is 6. The fourth-order valence-corrected chi connectivity index (χ4v) is 8.84. The summed E-state index contributed by atoms with van der Waals surface area (Å²) in [6.07, 6.45) is 3.48. The van der Waals surface area contributed by atoms with Crippen LogP contribution in [0.5, 0.6) is 6.01 Å². The first-order valence-electron chi connectivity index (χ1n) is 16.6. The highest BCUT2D eigenvalue weighted by atomic mass is 35.5. The van der Waals surface area contributed by atoms with Crippen LogP contribution in [0.3, 0.4) is 0 Å². The normalized spacial score (nSPS) is 19.3. The zero-order chi connectivity index (χ0) is 34.7. The van der Waals surface area contributed by atoms with Crippen molar-refractivity contribution in [2.45, 2.75) is 70.6 Å². The van der Waals surface area contributed by atoms with Crippen molar-refractivity contribution in [3.05, 3.63) is 40.4 Å². The second-order valence-electron chi connectivity index (χ2n) is 14.1. The number of ether oxygens (including phenoxy) is 2. The van der Waals surface area contributed by atoms with Crippen LogP contribution in [0, 0.1) is 23.0 Å². The largest absolute Gasteiger partial charge is 0.461 e. The van der Waals surface area contributed by atoms with Gasteiger partial charge in [-0.05, 0) is 84.2 Å². The van der Waals surface area contributed by atoms with Crippen molar-refractivity contribution >= 4 is 60.8 Å². The number of nitrogens with zero attached hydrogens (tertiary/aromatic N) is 5. The van der Waals surface area contributed by atoms with E-state index in [1.54, 1.807) is 26.8 Å². The van der Waals surface area contributed by atoms with E-state index in [-0.39, 0.29) is 59.9 Å². The smallest absolute Gasteiger partial charge is 0.412 e. The first kappa shape index (κ1) is 33.7. The first-order valence-corrected chi connectivity index (χ1v) is 17.8. The molecule has 4 aromatic rings. The Morgan fingerprint density at radius 2 is 1.98 bits per heavy atom. The molecule has 258 valence electrons. The molecule has 3 saturated heterocycles. The lowest BCUT2D eigenvalue weighted by molar-refractivity contribution is 0.0636. The van der Waals surface area contributed by atoms with Crippen molar-refractivity contribution in [3.8, 4) is 23.2 Å². The molecule has 0 bridgehead atoms. The minimum atomic E-state index is -0.802. The number of nitriles is 1. The number of benzene rings is 2. The van der Waals surface area contributed by atoms with E-state index in [0.29, 0.717) is 24.4 Å². The Balaban J connectivity index is 1.37. The fourth-order valence-electron chi connectivity index (χ4n) is 7.48. The number of nitrogens with one attached hydrogen (secondary N) is 2. The van der Waals surface area contributed by atoms with Gasteiger partial charge >= 0.3 is 12.1 Å². The van der Waals surface area contributed by atoms with Crippen molar-refractivity contribution in [2.75, 3.05) is 49.5 Å². The van der Waals surface area contributed by atoms with Crippen molar-refractivity contribution in [1.82, 2.24) is 20.2 Å². The van der Waals surface area contributed by atoms with E-state index < -0.39 is 23.3 Å². The van der Waals surface area contributed by atoms with E-state index in [1.807, 2.05) is 0 Å². The van der Waals surface area contributed by atoms with Gasteiger partial charge in [-0.1, -0.05) is 17.7 Å². The third kappa shape index (κ3) is 6.13. The quantitative estimate of drug-likeness (QED) is 0.210. The number of piperazine rings is 1.